The molecule has 1 heteroatoms. The minimum atomic E-state index is -1.56. The van der Waals surface area contributed by atoms with Crippen LogP contribution in [0.2, 0.25) is 12.1 Å². The molecule has 2 unspecified atom stereocenters. The van der Waals surface area contributed by atoms with Crippen molar-refractivity contribution in [1.82, 2.24) is 0 Å². The second-order valence-corrected chi connectivity index (χ2v) is 14.3. The molecule has 2 aliphatic carbocycles. The first-order chi connectivity index (χ1) is 14.7. The fourth-order valence-electron chi connectivity index (χ4n) is 6.97. The number of hydrogen-bond acceptors (Lipinski definition) is 0. The van der Waals surface area contributed by atoms with Crippen molar-refractivity contribution in [3.63, 3.8) is 0 Å². The lowest BCUT2D eigenvalue weighted by molar-refractivity contribution is 0.761. The van der Waals surface area contributed by atoms with Gasteiger partial charge in [-0.25, -0.2) is 0 Å². The van der Waals surface area contributed by atoms with E-state index in [1.54, 1.807) is 44.5 Å². The zero-order chi connectivity index (χ0) is 20.9. The van der Waals surface area contributed by atoms with Gasteiger partial charge in [0.2, 0.25) is 0 Å². The van der Waals surface area contributed by atoms with Crippen LogP contribution < -0.4 is 0 Å². The van der Waals surface area contributed by atoms with Crippen molar-refractivity contribution in [2.24, 2.45) is 0 Å². The molecule has 5 rings (SSSR count). The van der Waals surface area contributed by atoms with Crippen molar-refractivity contribution in [1.29, 1.82) is 0 Å². The van der Waals surface area contributed by atoms with Crippen LogP contribution in [0.3, 0.4) is 0 Å². The predicted molar refractivity (Wildman–Crippen MR) is 134 cm³/mol. The Kier molecular flexibility index (Phi) is 5.13. The molecule has 156 valence electrons. The molecule has 1 heterocycles. The Morgan fingerprint density at radius 1 is 0.667 bits per heavy atom. The zero-order valence-corrected chi connectivity index (χ0v) is 20.2. The van der Waals surface area contributed by atoms with E-state index >= 15 is 0 Å². The Hall–Kier alpha value is -1.86. The summed E-state index contributed by atoms with van der Waals surface area (Å²) in [4.78, 5) is 0. The van der Waals surface area contributed by atoms with Gasteiger partial charge in [-0.15, -0.1) is 0 Å². The topological polar surface area (TPSA) is 0 Å². The lowest BCUT2D eigenvalue weighted by Crippen LogP contribution is -2.53. The average Bonchev–Trinajstić information content (AvgIpc) is 3.32. The van der Waals surface area contributed by atoms with Crippen LogP contribution in [0.5, 0.6) is 0 Å². The SMILES string of the molecule is CCC1=Cc2c(CC)cccc2C1[Si]1(C2C(CC)=Cc3c(CC)cccc32)CCC1. The molecule has 0 bridgehead atoms. The van der Waals surface area contributed by atoms with E-state index in [-0.39, 0.29) is 0 Å². The lowest BCUT2D eigenvalue weighted by Gasteiger charge is -2.51. The van der Waals surface area contributed by atoms with Crippen molar-refractivity contribution in [3.05, 3.63) is 80.9 Å². The van der Waals surface area contributed by atoms with E-state index in [2.05, 4.69) is 76.2 Å². The maximum atomic E-state index is 2.61. The molecule has 0 spiro atoms. The first-order valence-electron chi connectivity index (χ1n) is 12.3. The molecule has 2 aromatic rings. The summed E-state index contributed by atoms with van der Waals surface area (Å²) in [5, 5.41) is 0. The fraction of sp³-hybridized carbons (Fsp3) is 0.448. The van der Waals surface area contributed by atoms with E-state index in [0.29, 0.717) is 0 Å². The van der Waals surface area contributed by atoms with Gasteiger partial charge >= 0.3 is 0 Å². The number of fused-ring (bicyclic) bond motifs is 2. The standard InChI is InChI=1S/C29H36Si/c1-5-20-12-9-14-24-26(20)18-22(7-3)28(24)30(16-11-17-30)29-23(8-4)19-27-21(6-2)13-10-15-25(27)29/h9-10,12-15,18-19,28-29H,5-8,11,16-17H2,1-4H3. The van der Waals surface area contributed by atoms with Crippen LogP contribution in [-0.2, 0) is 12.8 Å². The maximum Gasteiger partial charge on any atom is 0.0781 e. The van der Waals surface area contributed by atoms with Crippen molar-refractivity contribution < 1.29 is 0 Å². The molecule has 3 aliphatic rings. The normalized spacial score (nSPS) is 23.5. The van der Waals surface area contributed by atoms with Gasteiger partial charge in [-0.05, 0) is 59.1 Å². The van der Waals surface area contributed by atoms with E-state index in [1.165, 1.54) is 31.4 Å². The van der Waals surface area contributed by atoms with E-state index in [9.17, 15) is 0 Å². The van der Waals surface area contributed by atoms with Gasteiger partial charge < -0.3 is 0 Å². The number of allylic oxidation sites excluding steroid dienone is 2. The summed E-state index contributed by atoms with van der Waals surface area (Å²) in [6.45, 7) is 9.42. The van der Waals surface area contributed by atoms with Crippen molar-refractivity contribution in [2.45, 2.75) is 83.0 Å². The smallest absolute Gasteiger partial charge is 0.0650 e. The molecule has 1 fully saturated rings. The van der Waals surface area contributed by atoms with Crippen LogP contribution in [0.1, 0.15) is 91.4 Å². The highest BCUT2D eigenvalue weighted by atomic mass is 28.3. The Morgan fingerprint density at radius 2 is 1.13 bits per heavy atom. The third-order valence-electron chi connectivity index (χ3n) is 8.50. The minimum absolute atomic E-state index is 0.730. The van der Waals surface area contributed by atoms with Crippen LogP contribution >= 0.6 is 0 Å². The highest BCUT2D eigenvalue weighted by molar-refractivity contribution is 6.86. The largest absolute Gasteiger partial charge is 0.0781 e. The number of aryl methyl sites for hydroxylation is 2. The van der Waals surface area contributed by atoms with Crippen LogP contribution in [0.15, 0.2) is 47.5 Å². The van der Waals surface area contributed by atoms with Gasteiger partial charge in [-0.3, -0.25) is 0 Å². The van der Waals surface area contributed by atoms with Gasteiger partial charge in [0.25, 0.3) is 0 Å². The molecular weight excluding hydrogens is 376 g/mol. The van der Waals surface area contributed by atoms with Crippen molar-refractivity contribution >= 4 is 20.2 Å². The monoisotopic (exact) mass is 412 g/mol. The Labute approximate surface area is 184 Å². The van der Waals surface area contributed by atoms with E-state index < -0.39 is 8.07 Å². The molecule has 0 saturated carbocycles. The highest BCUT2D eigenvalue weighted by Crippen LogP contribution is 2.61. The summed E-state index contributed by atoms with van der Waals surface area (Å²) < 4.78 is 0. The van der Waals surface area contributed by atoms with Gasteiger partial charge in [-0.1, -0.05) is 106 Å². The molecule has 0 nitrogen and oxygen atoms in total. The average molecular weight is 413 g/mol. The molecule has 2 atom stereocenters. The summed E-state index contributed by atoms with van der Waals surface area (Å²) in [6, 6.07) is 17.4. The van der Waals surface area contributed by atoms with Gasteiger partial charge in [0.1, 0.15) is 0 Å². The summed E-state index contributed by atoms with van der Waals surface area (Å²) >= 11 is 0. The van der Waals surface area contributed by atoms with Gasteiger partial charge in [-0.2, -0.15) is 0 Å². The molecule has 0 N–H and O–H groups in total. The number of rotatable bonds is 6. The Morgan fingerprint density at radius 3 is 1.47 bits per heavy atom. The lowest BCUT2D eigenvalue weighted by atomic mass is 10.0. The molecular formula is C29H36Si. The van der Waals surface area contributed by atoms with Gasteiger partial charge in [0.05, 0.1) is 8.07 Å². The van der Waals surface area contributed by atoms with Crippen LogP contribution in [0.25, 0.3) is 12.2 Å². The summed E-state index contributed by atoms with van der Waals surface area (Å²) in [6.07, 6.45) is 11.4. The molecule has 1 saturated heterocycles. The fourth-order valence-corrected chi connectivity index (χ4v) is 13.4. The Balaban J connectivity index is 1.69. The molecule has 2 aromatic carbocycles. The van der Waals surface area contributed by atoms with Crippen molar-refractivity contribution in [2.75, 3.05) is 0 Å². The number of hydrogen-bond donors (Lipinski definition) is 0. The van der Waals surface area contributed by atoms with Crippen LogP contribution in [0.4, 0.5) is 0 Å². The summed E-state index contributed by atoms with van der Waals surface area (Å²) in [7, 11) is -1.56. The summed E-state index contributed by atoms with van der Waals surface area (Å²) in [5.41, 5.74) is 14.6. The van der Waals surface area contributed by atoms with E-state index in [4.69, 9.17) is 0 Å². The van der Waals surface area contributed by atoms with Gasteiger partial charge in [0.15, 0.2) is 0 Å². The van der Waals surface area contributed by atoms with Crippen LogP contribution in [0, 0.1) is 0 Å². The molecule has 0 radical (unpaired) electrons. The second kappa shape index (κ2) is 7.68. The van der Waals surface area contributed by atoms with Crippen LogP contribution in [-0.4, -0.2) is 8.07 Å². The van der Waals surface area contributed by atoms with E-state index in [0.717, 1.165) is 23.9 Å². The number of benzene rings is 2. The first-order valence-corrected chi connectivity index (χ1v) is 14.9. The highest BCUT2D eigenvalue weighted by Gasteiger charge is 2.56. The second-order valence-electron chi connectivity index (χ2n) is 9.65. The molecule has 0 amide bonds. The maximum absolute atomic E-state index is 2.61. The third kappa shape index (κ3) is 2.70. The predicted octanol–water partition coefficient (Wildman–Crippen LogP) is 8.22. The van der Waals surface area contributed by atoms with Gasteiger partial charge in [0, 0.05) is 11.1 Å². The third-order valence-corrected chi connectivity index (χ3v) is 14.7. The summed E-state index contributed by atoms with van der Waals surface area (Å²) in [5.74, 6) is 0. The Bertz CT molecular complexity index is 955. The van der Waals surface area contributed by atoms with E-state index in [1.807, 2.05) is 0 Å². The molecule has 30 heavy (non-hydrogen) atoms. The molecule has 0 aromatic heterocycles. The molecule has 1 aliphatic heterocycles. The zero-order valence-electron chi connectivity index (χ0n) is 19.2. The quantitative estimate of drug-likeness (QED) is 0.419. The minimum Gasteiger partial charge on any atom is -0.0650 e. The van der Waals surface area contributed by atoms with Crippen molar-refractivity contribution in [3.8, 4) is 0 Å². The first kappa shape index (κ1) is 20.1.